The van der Waals surface area contributed by atoms with Gasteiger partial charge in [-0.3, -0.25) is 19.3 Å². The van der Waals surface area contributed by atoms with Gasteiger partial charge in [-0.1, -0.05) is 23.9 Å². The normalized spacial score (nSPS) is 24.8. The summed E-state index contributed by atoms with van der Waals surface area (Å²) >= 11 is 1.37. The third-order valence-corrected chi connectivity index (χ3v) is 6.00. The molecule has 0 radical (unpaired) electrons. The zero-order valence-electron chi connectivity index (χ0n) is 12.9. The molecule has 3 rings (SSSR count). The lowest BCUT2D eigenvalue weighted by Gasteiger charge is -2.31. The van der Waals surface area contributed by atoms with Gasteiger partial charge >= 0.3 is 5.97 Å². The highest BCUT2D eigenvalue weighted by atomic mass is 32.2. The number of carbonyl (C=O) groups is 3. The second kappa shape index (κ2) is 5.56. The number of carboxylic acid groups (broad SMARTS) is 1. The number of carboxylic acids is 1. The highest BCUT2D eigenvalue weighted by molar-refractivity contribution is 8.02. The molecule has 7 heteroatoms. The molecule has 0 aliphatic carbocycles. The molecule has 122 valence electrons. The van der Waals surface area contributed by atoms with Gasteiger partial charge in [0.15, 0.2) is 4.87 Å². The molecule has 3 unspecified atom stereocenters. The van der Waals surface area contributed by atoms with Crippen molar-refractivity contribution in [1.82, 2.24) is 5.32 Å². The van der Waals surface area contributed by atoms with E-state index in [0.29, 0.717) is 12.8 Å². The summed E-state index contributed by atoms with van der Waals surface area (Å²) < 4.78 is 0. The lowest BCUT2D eigenvalue weighted by Crippen LogP contribution is -2.55. The molecule has 1 aromatic carbocycles. The Hall–Kier alpha value is -2.02. The van der Waals surface area contributed by atoms with E-state index < -0.39 is 22.8 Å². The predicted octanol–water partition coefficient (Wildman–Crippen LogP) is 1.84. The summed E-state index contributed by atoms with van der Waals surface area (Å²) in [5.41, 5.74) is 0.758. The first kappa shape index (κ1) is 15.9. The summed E-state index contributed by atoms with van der Waals surface area (Å²) in [5.74, 6) is -2.03. The van der Waals surface area contributed by atoms with E-state index >= 15 is 0 Å². The van der Waals surface area contributed by atoms with Crippen LogP contribution in [0.15, 0.2) is 29.2 Å². The molecule has 0 spiro atoms. The molecule has 2 heterocycles. The van der Waals surface area contributed by atoms with Crippen LogP contribution in [0.25, 0.3) is 0 Å². The Balaban J connectivity index is 1.88. The molecule has 6 nitrogen and oxygen atoms in total. The summed E-state index contributed by atoms with van der Waals surface area (Å²) in [4.78, 5) is 37.7. The van der Waals surface area contributed by atoms with E-state index in [4.69, 9.17) is 5.11 Å². The second-order valence-corrected chi connectivity index (χ2v) is 7.29. The Morgan fingerprint density at radius 3 is 2.74 bits per heavy atom. The van der Waals surface area contributed by atoms with Crippen molar-refractivity contribution < 1.29 is 19.5 Å². The minimum Gasteiger partial charge on any atom is -0.481 e. The maximum Gasteiger partial charge on any atom is 0.308 e. The first-order valence-corrected chi connectivity index (χ1v) is 8.33. The number of amides is 2. The van der Waals surface area contributed by atoms with Crippen molar-refractivity contribution in [3.8, 4) is 0 Å². The minimum atomic E-state index is -0.993. The Kier molecular flexibility index (Phi) is 3.83. The number of thioether (sulfide) groups is 1. The van der Waals surface area contributed by atoms with Gasteiger partial charge < -0.3 is 10.4 Å². The van der Waals surface area contributed by atoms with E-state index in [1.165, 1.54) is 11.8 Å². The van der Waals surface area contributed by atoms with Gasteiger partial charge in [0.05, 0.1) is 11.6 Å². The molecule has 0 aromatic heterocycles. The first-order chi connectivity index (χ1) is 10.9. The van der Waals surface area contributed by atoms with Crippen LogP contribution >= 0.6 is 11.8 Å². The fourth-order valence-corrected chi connectivity index (χ4v) is 4.38. The highest BCUT2D eigenvalue weighted by Gasteiger charge is 2.57. The Bertz CT molecular complexity index is 692. The van der Waals surface area contributed by atoms with Crippen LogP contribution in [-0.2, 0) is 14.4 Å². The van der Waals surface area contributed by atoms with Crippen LogP contribution in [-0.4, -0.2) is 33.8 Å². The molecule has 23 heavy (non-hydrogen) atoms. The molecule has 2 aliphatic rings. The van der Waals surface area contributed by atoms with Crippen LogP contribution in [0.2, 0.25) is 0 Å². The SMILES string of the molecule is CC(NC(=O)C12CCC(=O)N1c1ccccc1S2)C(C)C(=O)O. The fourth-order valence-electron chi connectivity index (χ4n) is 2.96. The quantitative estimate of drug-likeness (QED) is 0.877. The minimum absolute atomic E-state index is 0.0727. The molecule has 2 aliphatic heterocycles. The monoisotopic (exact) mass is 334 g/mol. The smallest absolute Gasteiger partial charge is 0.308 e. The number of anilines is 1. The van der Waals surface area contributed by atoms with E-state index in [2.05, 4.69) is 5.32 Å². The summed E-state index contributed by atoms with van der Waals surface area (Å²) in [6, 6.07) is 6.93. The van der Waals surface area contributed by atoms with Gasteiger partial charge in [0.1, 0.15) is 0 Å². The van der Waals surface area contributed by atoms with Gasteiger partial charge in [-0.2, -0.15) is 0 Å². The van der Waals surface area contributed by atoms with Crippen molar-refractivity contribution in [2.45, 2.75) is 42.5 Å². The number of nitrogens with one attached hydrogen (secondary N) is 1. The first-order valence-electron chi connectivity index (χ1n) is 7.51. The van der Waals surface area contributed by atoms with Gasteiger partial charge in [0, 0.05) is 17.4 Å². The van der Waals surface area contributed by atoms with E-state index in [1.807, 2.05) is 24.3 Å². The zero-order chi connectivity index (χ0) is 16.8. The summed E-state index contributed by atoms with van der Waals surface area (Å²) in [6.45, 7) is 3.22. The summed E-state index contributed by atoms with van der Waals surface area (Å²) in [6.07, 6.45) is 0.739. The van der Waals surface area contributed by atoms with Crippen molar-refractivity contribution in [3.63, 3.8) is 0 Å². The summed E-state index contributed by atoms with van der Waals surface area (Å²) in [5, 5.41) is 11.9. The van der Waals surface area contributed by atoms with Crippen molar-refractivity contribution >= 4 is 35.2 Å². The van der Waals surface area contributed by atoms with Crippen LogP contribution in [0.3, 0.4) is 0 Å². The second-order valence-electron chi connectivity index (χ2n) is 5.97. The molecular formula is C16H18N2O4S. The molecule has 1 saturated heterocycles. The summed E-state index contributed by atoms with van der Waals surface area (Å²) in [7, 11) is 0. The molecule has 0 bridgehead atoms. The molecular weight excluding hydrogens is 316 g/mol. The standard InChI is InChI=1S/C16H18N2O4S/c1-9(14(20)21)10(2)17-15(22)16-8-7-13(19)18(16)11-5-3-4-6-12(11)23-16/h3-6,9-10H,7-8H2,1-2H3,(H,17,22)(H,20,21). The molecule has 0 saturated carbocycles. The number of benzene rings is 1. The molecule has 1 fully saturated rings. The number of para-hydroxylation sites is 1. The Morgan fingerprint density at radius 1 is 1.35 bits per heavy atom. The van der Waals surface area contributed by atoms with E-state index in [1.54, 1.807) is 18.7 Å². The number of aliphatic carboxylic acids is 1. The van der Waals surface area contributed by atoms with Crippen molar-refractivity contribution in [2.24, 2.45) is 5.92 Å². The van der Waals surface area contributed by atoms with Gasteiger partial charge in [-0.05, 0) is 32.4 Å². The van der Waals surface area contributed by atoms with Gasteiger partial charge in [-0.25, -0.2) is 0 Å². The highest BCUT2D eigenvalue weighted by Crippen LogP contribution is 2.55. The Labute approximate surface area is 138 Å². The van der Waals surface area contributed by atoms with Gasteiger partial charge in [-0.15, -0.1) is 0 Å². The van der Waals surface area contributed by atoms with Gasteiger partial charge in [0.25, 0.3) is 5.91 Å². The van der Waals surface area contributed by atoms with Gasteiger partial charge in [0.2, 0.25) is 5.91 Å². The average Bonchev–Trinajstić information content (AvgIpc) is 3.02. The molecule has 2 N–H and O–H groups in total. The zero-order valence-corrected chi connectivity index (χ0v) is 13.7. The topological polar surface area (TPSA) is 86.7 Å². The number of rotatable bonds is 4. The number of nitrogens with zero attached hydrogens (tertiary/aromatic N) is 1. The lowest BCUT2D eigenvalue weighted by molar-refractivity contribution is -0.142. The van der Waals surface area contributed by atoms with Crippen LogP contribution in [0.1, 0.15) is 26.7 Å². The third kappa shape index (κ3) is 2.39. The maximum absolute atomic E-state index is 12.9. The largest absolute Gasteiger partial charge is 0.481 e. The van der Waals surface area contributed by atoms with Crippen LogP contribution in [0, 0.1) is 5.92 Å². The van der Waals surface area contributed by atoms with E-state index in [9.17, 15) is 14.4 Å². The van der Waals surface area contributed by atoms with Crippen LogP contribution < -0.4 is 10.2 Å². The van der Waals surface area contributed by atoms with Crippen molar-refractivity contribution in [3.05, 3.63) is 24.3 Å². The van der Waals surface area contributed by atoms with Crippen molar-refractivity contribution in [1.29, 1.82) is 0 Å². The average molecular weight is 334 g/mol. The lowest BCUT2D eigenvalue weighted by atomic mass is 10.0. The number of hydrogen-bond acceptors (Lipinski definition) is 4. The Morgan fingerprint density at radius 2 is 2.04 bits per heavy atom. The van der Waals surface area contributed by atoms with Crippen LogP contribution in [0.4, 0.5) is 5.69 Å². The fraction of sp³-hybridized carbons (Fsp3) is 0.438. The van der Waals surface area contributed by atoms with Crippen molar-refractivity contribution in [2.75, 3.05) is 4.90 Å². The van der Waals surface area contributed by atoms with E-state index in [0.717, 1.165) is 10.6 Å². The van der Waals surface area contributed by atoms with E-state index in [-0.39, 0.29) is 11.8 Å². The molecule has 1 aromatic rings. The number of hydrogen-bond donors (Lipinski definition) is 2. The predicted molar refractivity (Wildman–Crippen MR) is 86.2 cm³/mol. The van der Waals surface area contributed by atoms with Crippen LogP contribution in [0.5, 0.6) is 0 Å². The molecule has 2 amide bonds. The number of carbonyl (C=O) groups excluding carboxylic acids is 2. The number of fused-ring (bicyclic) bond motifs is 3. The maximum atomic E-state index is 12.9. The molecule has 3 atom stereocenters. The third-order valence-electron chi connectivity index (χ3n) is 4.53.